The van der Waals surface area contributed by atoms with Crippen molar-refractivity contribution >= 4 is 17.9 Å². The van der Waals surface area contributed by atoms with E-state index in [2.05, 4.69) is 59.0 Å². The molecule has 1 N–H and O–H groups in total. The molecule has 4 heteroatoms. The number of rotatable bonds is 9. The van der Waals surface area contributed by atoms with Crippen molar-refractivity contribution in [1.29, 1.82) is 0 Å². The van der Waals surface area contributed by atoms with Gasteiger partial charge in [0.2, 0.25) is 0 Å². The van der Waals surface area contributed by atoms with Crippen LogP contribution in [0.15, 0.2) is 42.5 Å². The minimum Gasteiger partial charge on any atom is -0.483 e. The molecular formula is C25H33NO3. The predicted molar refractivity (Wildman–Crippen MR) is 119 cm³/mol. The smallest absolute Gasteiger partial charge is 0.262 e. The van der Waals surface area contributed by atoms with Crippen LogP contribution in [0, 0.1) is 0 Å². The molecule has 0 bridgehead atoms. The van der Waals surface area contributed by atoms with Crippen LogP contribution in [0.5, 0.6) is 5.75 Å². The summed E-state index contributed by atoms with van der Waals surface area (Å²) in [7, 11) is 0. The maximum Gasteiger partial charge on any atom is 0.262 e. The van der Waals surface area contributed by atoms with Crippen LogP contribution in [-0.2, 0) is 15.6 Å². The maximum absolute atomic E-state index is 12.4. The van der Waals surface area contributed by atoms with Gasteiger partial charge >= 0.3 is 0 Å². The molecule has 1 amide bonds. The predicted octanol–water partition coefficient (Wildman–Crippen LogP) is 5.89. The van der Waals surface area contributed by atoms with Gasteiger partial charge in [-0.2, -0.15) is 0 Å². The highest BCUT2D eigenvalue weighted by Crippen LogP contribution is 2.38. The molecule has 0 heterocycles. The molecule has 2 aromatic rings. The van der Waals surface area contributed by atoms with Gasteiger partial charge in [-0.05, 0) is 47.4 Å². The number of amides is 1. The summed E-state index contributed by atoms with van der Waals surface area (Å²) < 4.78 is 5.94. The Kier molecular flexibility index (Phi) is 7.23. The number of ether oxygens (including phenoxy) is 1. The Labute approximate surface area is 174 Å². The second-order valence-electron chi connectivity index (χ2n) is 8.77. The molecule has 0 saturated carbocycles. The zero-order chi connectivity index (χ0) is 21.7. The van der Waals surface area contributed by atoms with E-state index in [0.29, 0.717) is 11.3 Å². The maximum atomic E-state index is 12.4. The van der Waals surface area contributed by atoms with Crippen LogP contribution < -0.4 is 10.1 Å². The zero-order valence-electron chi connectivity index (χ0n) is 18.5. The summed E-state index contributed by atoms with van der Waals surface area (Å²) >= 11 is 0. The molecule has 0 radical (unpaired) electrons. The van der Waals surface area contributed by atoms with Crippen molar-refractivity contribution in [3.8, 4) is 5.75 Å². The fourth-order valence-corrected chi connectivity index (χ4v) is 3.03. The van der Waals surface area contributed by atoms with E-state index in [4.69, 9.17) is 4.74 Å². The largest absolute Gasteiger partial charge is 0.483 e. The first kappa shape index (κ1) is 22.7. The van der Waals surface area contributed by atoms with E-state index in [1.807, 2.05) is 6.07 Å². The van der Waals surface area contributed by atoms with Gasteiger partial charge in [-0.1, -0.05) is 65.8 Å². The van der Waals surface area contributed by atoms with Gasteiger partial charge in [-0.15, -0.1) is 0 Å². The second kappa shape index (κ2) is 9.25. The first-order valence-electron chi connectivity index (χ1n) is 10.3. The van der Waals surface area contributed by atoms with Crippen molar-refractivity contribution in [2.75, 3.05) is 11.9 Å². The molecule has 0 atom stereocenters. The van der Waals surface area contributed by atoms with Crippen molar-refractivity contribution in [3.05, 3.63) is 59.2 Å². The molecule has 2 aromatic carbocycles. The number of aldehydes is 1. The van der Waals surface area contributed by atoms with E-state index in [-0.39, 0.29) is 23.3 Å². The lowest BCUT2D eigenvalue weighted by Crippen LogP contribution is -2.24. The number of hydrogen-bond donors (Lipinski definition) is 1. The summed E-state index contributed by atoms with van der Waals surface area (Å²) in [5, 5.41) is 2.78. The highest BCUT2D eigenvalue weighted by atomic mass is 16.5. The van der Waals surface area contributed by atoms with Gasteiger partial charge in [0, 0.05) is 16.8 Å². The minimum atomic E-state index is -0.258. The summed E-state index contributed by atoms with van der Waals surface area (Å²) in [6.07, 6.45) is 2.76. The second-order valence-corrected chi connectivity index (χ2v) is 8.77. The number of benzene rings is 2. The van der Waals surface area contributed by atoms with Gasteiger partial charge in [-0.3, -0.25) is 9.59 Å². The summed E-state index contributed by atoms with van der Waals surface area (Å²) in [5.74, 6) is 0.482. The molecule has 0 aliphatic carbocycles. The number of carbonyl (C=O) groups is 2. The molecule has 0 aromatic heterocycles. The van der Waals surface area contributed by atoms with Crippen molar-refractivity contribution in [3.63, 3.8) is 0 Å². The van der Waals surface area contributed by atoms with Crippen LogP contribution >= 0.6 is 0 Å². The minimum absolute atomic E-state index is 0.0655. The molecule has 156 valence electrons. The van der Waals surface area contributed by atoms with E-state index in [9.17, 15) is 9.59 Å². The summed E-state index contributed by atoms with van der Waals surface area (Å²) in [4.78, 5) is 23.3. The van der Waals surface area contributed by atoms with Crippen LogP contribution in [0.1, 0.15) is 75.9 Å². The lowest BCUT2D eigenvalue weighted by Gasteiger charge is -2.30. The Bertz CT molecular complexity index is 868. The number of hydrogen-bond acceptors (Lipinski definition) is 3. The monoisotopic (exact) mass is 395 g/mol. The number of nitrogens with one attached hydrogen (secondary N) is 1. The van der Waals surface area contributed by atoms with Crippen molar-refractivity contribution in [2.24, 2.45) is 0 Å². The fraction of sp³-hybridized carbons (Fsp3) is 0.440. The molecule has 0 aliphatic heterocycles. The summed E-state index contributed by atoms with van der Waals surface area (Å²) in [6, 6.07) is 13.1. The van der Waals surface area contributed by atoms with Crippen LogP contribution in [0.4, 0.5) is 5.69 Å². The Morgan fingerprint density at radius 1 is 1.00 bits per heavy atom. The van der Waals surface area contributed by atoms with Gasteiger partial charge in [0.25, 0.3) is 5.91 Å². The van der Waals surface area contributed by atoms with Gasteiger partial charge in [-0.25, -0.2) is 0 Å². The Morgan fingerprint density at radius 2 is 1.69 bits per heavy atom. The first-order valence-corrected chi connectivity index (χ1v) is 10.3. The third-order valence-corrected chi connectivity index (χ3v) is 5.92. The highest BCUT2D eigenvalue weighted by Gasteiger charge is 2.26. The van der Waals surface area contributed by atoms with E-state index < -0.39 is 0 Å². The van der Waals surface area contributed by atoms with Crippen LogP contribution in [-0.4, -0.2) is 18.8 Å². The third-order valence-electron chi connectivity index (χ3n) is 5.92. The third kappa shape index (κ3) is 5.69. The average Bonchev–Trinajstić information content (AvgIpc) is 2.72. The van der Waals surface area contributed by atoms with E-state index >= 15 is 0 Å². The van der Waals surface area contributed by atoms with E-state index in [1.54, 1.807) is 24.3 Å². The lowest BCUT2D eigenvalue weighted by atomic mass is 9.76. The number of anilines is 1. The lowest BCUT2D eigenvalue weighted by molar-refractivity contribution is -0.118. The molecule has 0 spiro atoms. The molecule has 0 unspecified atom stereocenters. The molecule has 0 saturated heterocycles. The van der Waals surface area contributed by atoms with Crippen molar-refractivity contribution in [1.82, 2.24) is 0 Å². The Hall–Kier alpha value is -2.62. The van der Waals surface area contributed by atoms with Gasteiger partial charge in [0.15, 0.2) is 6.61 Å². The van der Waals surface area contributed by atoms with E-state index in [0.717, 1.165) is 30.4 Å². The zero-order valence-corrected chi connectivity index (χ0v) is 18.5. The topological polar surface area (TPSA) is 55.4 Å². The molecule has 29 heavy (non-hydrogen) atoms. The summed E-state index contributed by atoms with van der Waals surface area (Å²) in [5.41, 5.74) is 3.51. The molecule has 2 rings (SSSR count). The van der Waals surface area contributed by atoms with Gasteiger partial charge < -0.3 is 10.1 Å². The average molecular weight is 396 g/mol. The standard InChI is InChI=1S/C25H33NO3/c1-7-24(3,4)19-12-13-22(21(15-19)25(5,6)8-2)29-17-23(28)26-20-11-9-10-18(14-20)16-27/h9-16H,7-8,17H2,1-6H3,(H,26,28). The molecule has 0 aliphatic rings. The van der Waals surface area contributed by atoms with Crippen LogP contribution in [0.2, 0.25) is 0 Å². The quantitative estimate of drug-likeness (QED) is 0.539. The first-order chi connectivity index (χ1) is 13.6. The van der Waals surface area contributed by atoms with Gasteiger partial charge in [0.1, 0.15) is 12.0 Å². The highest BCUT2D eigenvalue weighted by molar-refractivity contribution is 5.92. The number of carbonyl (C=O) groups excluding carboxylic acids is 2. The van der Waals surface area contributed by atoms with Crippen molar-refractivity contribution < 1.29 is 14.3 Å². The van der Waals surface area contributed by atoms with Crippen LogP contribution in [0.25, 0.3) is 0 Å². The SMILES string of the molecule is CCC(C)(C)c1ccc(OCC(=O)Nc2cccc(C=O)c2)c(C(C)(C)CC)c1. The van der Waals surface area contributed by atoms with E-state index in [1.165, 1.54) is 5.56 Å². The van der Waals surface area contributed by atoms with Crippen LogP contribution in [0.3, 0.4) is 0 Å². The Balaban J connectivity index is 2.20. The normalized spacial score (nSPS) is 11.8. The van der Waals surface area contributed by atoms with Crippen molar-refractivity contribution in [2.45, 2.75) is 65.2 Å². The summed E-state index contributed by atoms with van der Waals surface area (Å²) in [6.45, 7) is 13.1. The fourth-order valence-electron chi connectivity index (χ4n) is 3.03. The molecule has 0 fully saturated rings. The van der Waals surface area contributed by atoms with Gasteiger partial charge in [0.05, 0.1) is 0 Å². The molecular weight excluding hydrogens is 362 g/mol. The Morgan fingerprint density at radius 3 is 2.31 bits per heavy atom. The molecule has 4 nitrogen and oxygen atoms in total.